The van der Waals surface area contributed by atoms with Crippen LogP contribution < -0.4 is 0 Å². The maximum Gasteiger partial charge on any atom is 0.178 e. The van der Waals surface area contributed by atoms with Gasteiger partial charge in [-0.15, -0.1) is 0 Å². The lowest BCUT2D eigenvalue weighted by atomic mass is 10.0. The highest BCUT2D eigenvalue weighted by atomic mass is 79.9. The van der Waals surface area contributed by atoms with Crippen molar-refractivity contribution in [2.24, 2.45) is 0 Å². The lowest BCUT2D eigenvalue weighted by Gasteiger charge is -1.99. The van der Waals surface area contributed by atoms with Crippen LogP contribution in [0.1, 0.15) is 28.8 Å². The number of carbonyl (C=O) groups excluding carboxylic acids is 1. The molecule has 0 spiro atoms. The number of halogens is 1. The van der Waals surface area contributed by atoms with Gasteiger partial charge in [-0.2, -0.15) is 5.26 Å². The van der Waals surface area contributed by atoms with Crippen LogP contribution in [0.5, 0.6) is 0 Å². The minimum atomic E-state index is -0.175. The van der Waals surface area contributed by atoms with Crippen LogP contribution in [0.4, 0.5) is 0 Å². The standard InChI is InChI=1S/C13H10BrNO/c14-9-4-3-6-11-5-1-2-7-12(11)13(16)8-10-15/h1-2,5,7H,4,8-9H2. The van der Waals surface area contributed by atoms with E-state index in [2.05, 4.69) is 27.8 Å². The SMILES string of the molecule is N#CCC(=O)c1ccccc1C#CCCBr. The van der Waals surface area contributed by atoms with Crippen molar-refractivity contribution in [1.82, 2.24) is 0 Å². The molecular weight excluding hydrogens is 266 g/mol. The van der Waals surface area contributed by atoms with E-state index in [0.29, 0.717) is 11.1 Å². The van der Waals surface area contributed by atoms with Gasteiger partial charge in [-0.1, -0.05) is 46.0 Å². The first-order valence-corrected chi connectivity index (χ1v) is 5.95. The van der Waals surface area contributed by atoms with Crippen LogP contribution >= 0.6 is 15.9 Å². The third-order valence-corrected chi connectivity index (χ3v) is 2.31. The molecule has 0 atom stereocenters. The quantitative estimate of drug-likeness (QED) is 0.484. The van der Waals surface area contributed by atoms with Gasteiger partial charge in [0.15, 0.2) is 5.78 Å². The number of benzene rings is 1. The molecule has 0 aliphatic carbocycles. The topological polar surface area (TPSA) is 40.9 Å². The Morgan fingerprint density at radius 2 is 2.12 bits per heavy atom. The van der Waals surface area contributed by atoms with Crippen LogP contribution in [0.2, 0.25) is 0 Å². The molecular formula is C13H10BrNO. The molecule has 80 valence electrons. The van der Waals surface area contributed by atoms with E-state index in [1.807, 2.05) is 12.1 Å². The van der Waals surface area contributed by atoms with Gasteiger partial charge in [0.05, 0.1) is 12.5 Å². The molecule has 1 aromatic carbocycles. The van der Waals surface area contributed by atoms with Crippen LogP contribution in [-0.2, 0) is 0 Å². The summed E-state index contributed by atoms with van der Waals surface area (Å²) in [7, 11) is 0. The highest BCUT2D eigenvalue weighted by Crippen LogP contribution is 2.09. The van der Waals surface area contributed by atoms with Gasteiger partial charge in [0.2, 0.25) is 0 Å². The molecule has 0 fully saturated rings. The van der Waals surface area contributed by atoms with Crippen molar-refractivity contribution in [3.8, 4) is 17.9 Å². The van der Waals surface area contributed by atoms with E-state index in [-0.39, 0.29) is 12.2 Å². The minimum Gasteiger partial charge on any atom is -0.293 e. The maximum absolute atomic E-state index is 11.6. The largest absolute Gasteiger partial charge is 0.293 e. The summed E-state index contributed by atoms with van der Waals surface area (Å²) in [6.07, 6.45) is 0.637. The molecule has 0 heterocycles. The fourth-order valence-corrected chi connectivity index (χ4v) is 1.41. The molecule has 1 rings (SSSR count). The number of ketones is 1. The van der Waals surface area contributed by atoms with E-state index in [1.165, 1.54) is 0 Å². The smallest absolute Gasteiger partial charge is 0.178 e. The first-order valence-electron chi connectivity index (χ1n) is 4.83. The fourth-order valence-electron chi connectivity index (χ4n) is 1.21. The summed E-state index contributed by atoms with van der Waals surface area (Å²) in [6, 6.07) is 8.97. The second-order valence-corrected chi connectivity index (χ2v) is 3.84. The number of hydrogen-bond acceptors (Lipinski definition) is 2. The number of rotatable bonds is 3. The Morgan fingerprint density at radius 3 is 2.81 bits per heavy atom. The highest BCUT2D eigenvalue weighted by molar-refractivity contribution is 9.09. The van der Waals surface area contributed by atoms with Crippen LogP contribution in [0, 0.1) is 23.2 Å². The predicted molar refractivity (Wildman–Crippen MR) is 66.3 cm³/mol. The van der Waals surface area contributed by atoms with Crippen molar-refractivity contribution < 1.29 is 4.79 Å². The number of nitriles is 1. The van der Waals surface area contributed by atoms with E-state index in [1.54, 1.807) is 18.2 Å². The van der Waals surface area contributed by atoms with E-state index in [4.69, 9.17) is 5.26 Å². The van der Waals surface area contributed by atoms with Gasteiger partial charge in [-0.05, 0) is 6.07 Å². The molecule has 0 N–H and O–H groups in total. The van der Waals surface area contributed by atoms with Gasteiger partial charge < -0.3 is 0 Å². The van der Waals surface area contributed by atoms with Crippen LogP contribution in [0.3, 0.4) is 0 Å². The Labute approximate surface area is 103 Å². The fraction of sp³-hybridized carbons (Fsp3) is 0.231. The van der Waals surface area contributed by atoms with E-state index >= 15 is 0 Å². The third kappa shape index (κ3) is 3.53. The second-order valence-electron chi connectivity index (χ2n) is 3.04. The van der Waals surface area contributed by atoms with E-state index < -0.39 is 0 Å². The predicted octanol–water partition coefficient (Wildman–Crippen LogP) is 2.92. The maximum atomic E-state index is 11.6. The number of alkyl halides is 1. The lowest BCUT2D eigenvalue weighted by Crippen LogP contribution is -2.00. The molecule has 0 aliphatic heterocycles. The lowest BCUT2D eigenvalue weighted by molar-refractivity contribution is 0.0997. The van der Waals surface area contributed by atoms with Gasteiger partial charge in [-0.25, -0.2) is 0 Å². The zero-order valence-corrected chi connectivity index (χ0v) is 10.3. The van der Waals surface area contributed by atoms with E-state index in [0.717, 1.165) is 11.8 Å². The minimum absolute atomic E-state index is 0.100. The Morgan fingerprint density at radius 1 is 1.38 bits per heavy atom. The molecule has 2 nitrogen and oxygen atoms in total. The van der Waals surface area contributed by atoms with Crippen molar-refractivity contribution >= 4 is 21.7 Å². The highest BCUT2D eigenvalue weighted by Gasteiger charge is 2.08. The summed E-state index contributed by atoms with van der Waals surface area (Å²) < 4.78 is 0. The molecule has 16 heavy (non-hydrogen) atoms. The molecule has 0 aromatic heterocycles. The van der Waals surface area contributed by atoms with Crippen LogP contribution in [0.15, 0.2) is 24.3 Å². The number of Topliss-reactive ketones (excluding diaryl/α,β-unsaturated/α-hetero) is 1. The van der Waals surface area contributed by atoms with E-state index in [9.17, 15) is 4.79 Å². The Bertz CT molecular complexity index is 477. The van der Waals surface area contributed by atoms with Crippen molar-refractivity contribution in [1.29, 1.82) is 5.26 Å². The molecule has 0 unspecified atom stereocenters. The van der Waals surface area contributed by atoms with Crippen molar-refractivity contribution in [2.45, 2.75) is 12.8 Å². The summed E-state index contributed by atoms with van der Waals surface area (Å²) in [5.41, 5.74) is 1.23. The number of nitrogens with zero attached hydrogens (tertiary/aromatic N) is 1. The first-order chi connectivity index (χ1) is 7.79. The average Bonchev–Trinajstić information content (AvgIpc) is 2.30. The molecule has 0 saturated carbocycles. The molecule has 3 heteroatoms. The number of hydrogen-bond donors (Lipinski definition) is 0. The zero-order valence-electron chi connectivity index (χ0n) is 8.66. The Balaban J connectivity index is 2.98. The Kier molecular flexibility index (Phi) is 5.32. The molecule has 1 aromatic rings. The first kappa shape index (κ1) is 12.5. The molecule has 0 saturated heterocycles. The Hall–Kier alpha value is -1.58. The van der Waals surface area contributed by atoms with Gasteiger partial charge in [0.1, 0.15) is 0 Å². The second kappa shape index (κ2) is 6.82. The zero-order chi connectivity index (χ0) is 11.8. The normalized spacial score (nSPS) is 8.75. The van der Waals surface area contributed by atoms with Crippen molar-refractivity contribution in [2.75, 3.05) is 5.33 Å². The summed E-state index contributed by atoms with van der Waals surface area (Å²) in [4.78, 5) is 11.6. The molecule has 0 amide bonds. The monoisotopic (exact) mass is 275 g/mol. The average molecular weight is 276 g/mol. The van der Waals surface area contributed by atoms with Gasteiger partial charge >= 0.3 is 0 Å². The summed E-state index contributed by atoms with van der Waals surface area (Å²) in [5, 5.41) is 9.30. The summed E-state index contributed by atoms with van der Waals surface area (Å²) in [6.45, 7) is 0. The van der Waals surface area contributed by atoms with Crippen molar-refractivity contribution in [3.63, 3.8) is 0 Å². The molecule has 0 bridgehead atoms. The molecule has 0 radical (unpaired) electrons. The molecule has 0 aliphatic rings. The van der Waals surface area contributed by atoms with Gasteiger partial charge in [-0.3, -0.25) is 4.79 Å². The van der Waals surface area contributed by atoms with Gasteiger partial charge in [0, 0.05) is 22.9 Å². The number of carbonyl (C=O) groups is 1. The van der Waals surface area contributed by atoms with Gasteiger partial charge in [0.25, 0.3) is 0 Å². The third-order valence-electron chi connectivity index (χ3n) is 1.91. The van der Waals surface area contributed by atoms with Crippen molar-refractivity contribution in [3.05, 3.63) is 35.4 Å². The summed E-state index contributed by atoms with van der Waals surface area (Å²) in [5.74, 6) is 5.73. The van der Waals surface area contributed by atoms with Crippen LogP contribution in [0.25, 0.3) is 0 Å². The summed E-state index contributed by atoms with van der Waals surface area (Å²) >= 11 is 3.28. The van der Waals surface area contributed by atoms with Crippen LogP contribution in [-0.4, -0.2) is 11.1 Å².